The van der Waals surface area contributed by atoms with Crippen molar-refractivity contribution in [1.82, 2.24) is 0 Å². The molecule has 0 heterocycles. The Bertz CT molecular complexity index is 369. The number of rotatable bonds is 6. The summed E-state index contributed by atoms with van der Waals surface area (Å²) in [6.07, 6.45) is 0.918. The second kappa shape index (κ2) is 5.80. The van der Waals surface area contributed by atoms with Crippen molar-refractivity contribution < 1.29 is 15.0 Å². The Morgan fingerprint density at radius 1 is 1.29 bits per heavy atom. The second-order valence-electron chi connectivity index (χ2n) is 4.29. The van der Waals surface area contributed by atoms with Gasteiger partial charge < -0.3 is 15.9 Å². The van der Waals surface area contributed by atoms with Crippen LogP contribution in [-0.4, -0.2) is 22.7 Å². The van der Waals surface area contributed by atoms with Crippen LogP contribution in [0.1, 0.15) is 24.5 Å². The normalized spacial score (nSPS) is 14.3. The zero-order valence-corrected chi connectivity index (χ0v) is 10.0. The number of carbonyl (C=O) groups is 1. The van der Waals surface area contributed by atoms with Crippen LogP contribution in [0.25, 0.3) is 0 Å². The van der Waals surface area contributed by atoms with Crippen molar-refractivity contribution in [2.45, 2.75) is 26.4 Å². The molecule has 0 aliphatic rings. The molecule has 0 aromatic heterocycles. The monoisotopic (exact) mass is 237 g/mol. The summed E-state index contributed by atoms with van der Waals surface area (Å²) in [6, 6.07) is 7.28. The molecule has 0 saturated heterocycles. The molecule has 4 heteroatoms. The lowest BCUT2D eigenvalue weighted by Crippen LogP contribution is -2.40. The summed E-state index contributed by atoms with van der Waals surface area (Å²) in [6.45, 7) is 1.96. The van der Waals surface area contributed by atoms with Crippen LogP contribution in [0.5, 0.6) is 0 Å². The van der Waals surface area contributed by atoms with Gasteiger partial charge in [0.25, 0.3) is 0 Å². The minimum Gasteiger partial charge on any atom is -0.481 e. The van der Waals surface area contributed by atoms with Gasteiger partial charge in [-0.1, -0.05) is 31.2 Å². The van der Waals surface area contributed by atoms with Crippen molar-refractivity contribution in [3.8, 4) is 0 Å². The summed E-state index contributed by atoms with van der Waals surface area (Å²) in [4.78, 5) is 11.3. The fourth-order valence-electron chi connectivity index (χ4n) is 1.81. The van der Waals surface area contributed by atoms with Gasteiger partial charge >= 0.3 is 5.97 Å². The van der Waals surface area contributed by atoms with E-state index < -0.39 is 11.4 Å². The summed E-state index contributed by atoms with van der Waals surface area (Å²) >= 11 is 0. The van der Waals surface area contributed by atoms with Crippen LogP contribution >= 0.6 is 0 Å². The number of benzene rings is 1. The van der Waals surface area contributed by atoms with Gasteiger partial charge in [-0.3, -0.25) is 4.79 Å². The average Bonchev–Trinajstić information content (AvgIpc) is 2.36. The van der Waals surface area contributed by atoms with Gasteiger partial charge in [-0.15, -0.1) is 0 Å². The van der Waals surface area contributed by atoms with Gasteiger partial charge in [0.2, 0.25) is 0 Å². The molecule has 1 aromatic rings. The molecule has 0 aliphatic carbocycles. The van der Waals surface area contributed by atoms with E-state index in [-0.39, 0.29) is 13.2 Å². The Morgan fingerprint density at radius 2 is 1.82 bits per heavy atom. The lowest BCUT2D eigenvalue weighted by atomic mass is 9.79. The van der Waals surface area contributed by atoms with Crippen molar-refractivity contribution in [1.29, 1.82) is 0 Å². The van der Waals surface area contributed by atoms with E-state index in [1.807, 2.05) is 19.1 Å². The predicted octanol–water partition coefficient (Wildman–Crippen LogP) is 1.16. The van der Waals surface area contributed by atoms with Crippen LogP contribution in [0, 0.1) is 5.41 Å². The number of aliphatic hydroxyl groups is 1. The number of carboxylic acids is 1. The molecule has 4 nitrogen and oxygen atoms in total. The van der Waals surface area contributed by atoms with Gasteiger partial charge in [-0.05, 0) is 24.0 Å². The zero-order chi connectivity index (χ0) is 12.9. The van der Waals surface area contributed by atoms with E-state index >= 15 is 0 Å². The topological polar surface area (TPSA) is 83.5 Å². The van der Waals surface area contributed by atoms with Crippen molar-refractivity contribution in [3.05, 3.63) is 35.4 Å². The lowest BCUT2D eigenvalue weighted by molar-refractivity contribution is -0.148. The van der Waals surface area contributed by atoms with Crippen LogP contribution in [0.3, 0.4) is 0 Å². The zero-order valence-electron chi connectivity index (χ0n) is 10.0. The van der Waals surface area contributed by atoms with Gasteiger partial charge in [0.15, 0.2) is 0 Å². The highest BCUT2D eigenvalue weighted by atomic mass is 16.4. The maximum Gasteiger partial charge on any atom is 0.311 e. The number of aliphatic carboxylic acids is 1. The van der Waals surface area contributed by atoms with Crippen molar-refractivity contribution >= 4 is 5.97 Å². The minimum absolute atomic E-state index is 0.00494. The Balaban J connectivity index is 2.89. The van der Waals surface area contributed by atoms with Crippen molar-refractivity contribution in [3.63, 3.8) is 0 Å². The smallest absolute Gasteiger partial charge is 0.311 e. The van der Waals surface area contributed by atoms with E-state index in [0.29, 0.717) is 12.8 Å². The first kappa shape index (κ1) is 13.7. The highest BCUT2D eigenvalue weighted by Crippen LogP contribution is 2.26. The SMILES string of the molecule is CCC(CN)(Cc1ccc(CO)cc1)C(=O)O. The molecule has 0 aliphatic heterocycles. The molecule has 94 valence electrons. The van der Waals surface area contributed by atoms with E-state index in [0.717, 1.165) is 11.1 Å². The minimum atomic E-state index is -0.888. The van der Waals surface area contributed by atoms with Gasteiger partial charge in [0, 0.05) is 6.54 Å². The molecule has 0 spiro atoms. The summed E-state index contributed by atoms with van der Waals surface area (Å²) in [5.74, 6) is -0.853. The maximum absolute atomic E-state index is 11.3. The van der Waals surface area contributed by atoms with Crippen LogP contribution in [-0.2, 0) is 17.8 Å². The van der Waals surface area contributed by atoms with E-state index in [1.54, 1.807) is 12.1 Å². The van der Waals surface area contributed by atoms with E-state index in [2.05, 4.69) is 0 Å². The third-order valence-electron chi connectivity index (χ3n) is 3.27. The Kier molecular flexibility index (Phi) is 4.66. The average molecular weight is 237 g/mol. The molecule has 0 saturated carbocycles. The van der Waals surface area contributed by atoms with Crippen LogP contribution in [0.4, 0.5) is 0 Å². The predicted molar refractivity (Wildman–Crippen MR) is 65.5 cm³/mol. The highest BCUT2D eigenvalue weighted by Gasteiger charge is 2.35. The number of carboxylic acid groups (broad SMARTS) is 1. The number of hydrogen-bond donors (Lipinski definition) is 3. The number of aliphatic hydroxyl groups excluding tert-OH is 1. The summed E-state index contributed by atoms with van der Waals surface area (Å²) in [5, 5.41) is 18.2. The fraction of sp³-hybridized carbons (Fsp3) is 0.462. The summed E-state index contributed by atoms with van der Waals surface area (Å²) < 4.78 is 0. The van der Waals surface area contributed by atoms with Crippen LogP contribution in [0.15, 0.2) is 24.3 Å². The lowest BCUT2D eigenvalue weighted by Gasteiger charge is -2.26. The quantitative estimate of drug-likeness (QED) is 0.693. The largest absolute Gasteiger partial charge is 0.481 e. The maximum atomic E-state index is 11.3. The highest BCUT2D eigenvalue weighted by molar-refractivity contribution is 5.75. The molecular formula is C13H19NO3. The second-order valence-corrected chi connectivity index (χ2v) is 4.29. The first-order valence-electron chi connectivity index (χ1n) is 5.70. The molecule has 1 atom stereocenters. The van der Waals surface area contributed by atoms with Crippen LogP contribution in [0.2, 0.25) is 0 Å². The van der Waals surface area contributed by atoms with Gasteiger partial charge in [0.05, 0.1) is 12.0 Å². The molecule has 0 bridgehead atoms. The molecule has 0 amide bonds. The van der Waals surface area contributed by atoms with Gasteiger partial charge in [0.1, 0.15) is 0 Å². The third-order valence-corrected chi connectivity index (χ3v) is 3.27. The Morgan fingerprint density at radius 3 is 2.18 bits per heavy atom. The molecule has 17 heavy (non-hydrogen) atoms. The Hall–Kier alpha value is -1.39. The molecule has 0 radical (unpaired) electrons. The van der Waals surface area contributed by atoms with E-state index in [9.17, 15) is 9.90 Å². The number of nitrogens with two attached hydrogens (primary N) is 1. The van der Waals surface area contributed by atoms with Gasteiger partial charge in [-0.2, -0.15) is 0 Å². The fourth-order valence-corrected chi connectivity index (χ4v) is 1.81. The first-order valence-corrected chi connectivity index (χ1v) is 5.70. The third kappa shape index (κ3) is 3.05. The van der Waals surface area contributed by atoms with Crippen LogP contribution < -0.4 is 5.73 Å². The van der Waals surface area contributed by atoms with E-state index in [1.165, 1.54) is 0 Å². The summed E-state index contributed by atoms with van der Waals surface area (Å²) in [7, 11) is 0. The van der Waals surface area contributed by atoms with Crippen molar-refractivity contribution in [2.24, 2.45) is 11.1 Å². The van der Waals surface area contributed by atoms with Crippen molar-refractivity contribution in [2.75, 3.05) is 6.54 Å². The van der Waals surface area contributed by atoms with E-state index in [4.69, 9.17) is 10.8 Å². The molecule has 1 unspecified atom stereocenters. The molecule has 1 rings (SSSR count). The molecule has 0 fully saturated rings. The summed E-state index contributed by atoms with van der Waals surface area (Å²) in [5.41, 5.74) is 6.46. The van der Waals surface area contributed by atoms with Gasteiger partial charge in [-0.25, -0.2) is 0 Å². The molecule has 1 aromatic carbocycles. The number of hydrogen-bond acceptors (Lipinski definition) is 3. The molecular weight excluding hydrogens is 218 g/mol. The Labute approximate surface area is 101 Å². The standard InChI is InChI=1S/C13H19NO3/c1-2-13(9-14,12(16)17)7-10-3-5-11(8-15)6-4-10/h3-6,15H,2,7-9,14H2,1H3,(H,16,17). The first-order chi connectivity index (χ1) is 8.07. The molecule has 4 N–H and O–H groups in total.